The van der Waals surface area contributed by atoms with Crippen LogP contribution in [-0.2, 0) is 0 Å². The Hall–Kier alpha value is -1.16. The van der Waals surface area contributed by atoms with Crippen LogP contribution in [-0.4, -0.2) is 17.4 Å². The van der Waals surface area contributed by atoms with Gasteiger partial charge in [-0.05, 0) is 62.7 Å². The van der Waals surface area contributed by atoms with Crippen LogP contribution in [0.2, 0.25) is 0 Å². The molecule has 0 aromatic heterocycles. The second kappa shape index (κ2) is 5.45. The van der Waals surface area contributed by atoms with Crippen molar-refractivity contribution in [3.05, 3.63) is 24.3 Å². The molecular weight excluding hydrogens is 234 g/mol. The van der Waals surface area contributed by atoms with Gasteiger partial charge in [0.15, 0.2) is 0 Å². The fourth-order valence-electron chi connectivity index (χ4n) is 1.39. The molecule has 0 atom stereocenters. The molecule has 0 bridgehead atoms. The molecule has 1 aliphatic carbocycles. The number of thioether (sulfide) groups is 1. The Labute approximate surface area is 106 Å². The van der Waals surface area contributed by atoms with Crippen LogP contribution < -0.4 is 10.1 Å². The molecule has 1 aliphatic rings. The van der Waals surface area contributed by atoms with E-state index < -0.39 is 0 Å². The molecule has 92 valence electrons. The van der Waals surface area contributed by atoms with E-state index >= 15 is 0 Å². The molecular formula is C13H17NO2S. The second-order valence-corrected chi connectivity index (χ2v) is 5.49. The first kappa shape index (κ1) is 12.3. The fourth-order valence-corrected chi connectivity index (χ4v) is 2.10. The maximum absolute atomic E-state index is 11.5. The fraction of sp³-hybridized carbons (Fsp3) is 0.462. The number of hydrogen-bond donors (Lipinski definition) is 1. The van der Waals surface area contributed by atoms with Gasteiger partial charge >= 0.3 is 0 Å². The van der Waals surface area contributed by atoms with E-state index in [0.717, 1.165) is 23.5 Å². The summed E-state index contributed by atoms with van der Waals surface area (Å²) in [6.45, 7) is 3.98. The van der Waals surface area contributed by atoms with E-state index in [1.54, 1.807) is 0 Å². The lowest BCUT2D eigenvalue weighted by molar-refractivity contribution is 0.242. The van der Waals surface area contributed by atoms with Crippen LogP contribution in [0, 0.1) is 0 Å². The molecule has 1 N–H and O–H groups in total. The van der Waals surface area contributed by atoms with Crippen LogP contribution in [0.3, 0.4) is 0 Å². The molecule has 17 heavy (non-hydrogen) atoms. The largest absolute Gasteiger partial charge is 0.491 e. The highest BCUT2D eigenvalue weighted by Gasteiger charge is 2.23. The van der Waals surface area contributed by atoms with Gasteiger partial charge in [-0.2, -0.15) is 0 Å². The molecule has 0 unspecified atom stereocenters. The minimum atomic E-state index is 0.0324. The summed E-state index contributed by atoms with van der Waals surface area (Å²) in [4.78, 5) is 12.5. The van der Waals surface area contributed by atoms with Crippen LogP contribution in [0.15, 0.2) is 29.2 Å². The van der Waals surface area contributed by atoms with Crippen molar-refractivity contribution in [3.8, 4) is 5.75 Å². The van der Waals surface area contributed by atoms with E-state index in [2.05, 4.69) is 5.32 Å². The van der Waals surface area contributed by atoms with E-state index in [0.29, 0.717) is 6.04 Å². The Kier molecular flexibility index (Phi) is 3.94. The number of carbonyl (C=O) groups is 1. The lowest BCUT2D eigenvalue weighted by Gasteiger charge is -2.09. The van der Waals surface area contributed by atoms with Gasteiger partial charge < -0.3 is 10.1 Å². The monoisotopic (exact) mass is 251 g/mol. The van der Waals surface area contributed by atoms with E-state index in [1.165, 1.54) is 11.8 Å². The van der Waals surface area contributed by atoms with E-state index in [-0.39, 0.29) is 11.3 Å². The summed E-state index contributed by atoms with van der Waals surface area (Å²) in [6, 6.07) is 8.03. The summed E-state index contributed by atoms with van der Waals surface area (Å²) in [7, 11) is 0. The van der Waals surface area contributed by atoms with Gasteiger partial charge in [0, 0.05) is 10.9 Å². The molecule has 2 rings (SSSR count). The summed E-state index contributed by atoms with van der Waals surface area (Å²) in [5.74, 6) is 0.840. The third kappa shape index (κ3) is 4.30. The number of benzene rings is 1. The summed E-state index contributed by atoms with van der Waals surface area (Å²) in [5, 5.41) is 2.97. The Morgan fingerprint density at radius 1 is 1.35 bits per heavy atom. The summed E-state index contributed by atoms with van der Waals surface area (Å²) >= 11 is 1.23. The van der Waals surface area contributed by atoms with Crippen molar-refractivity contribution >= 4 is 17.0 Å². The van der Waals surface area contributed by atoms with Gasteiger partial charge in [0.2, 0.25) is 0 Å². The highest BCUT2D eigenvalue weighted by molar-refractivity contribution is 8.13. The number of nitrogens with one attached hydrogen (secondary N) is 1. The van der Waals surface area contributed by atoms with Crippen molar-refractivity contribution in [3.63, 3.8) is 0 Å². The van der Waals surface area contributed by atoms with Crippen molar-refractivity contribution < 1.29 is 9.53 Å². The molecule has 4 heteroatoms. The zero-order valence-corrected chi connectivity index (χ0v) is 10.9. The minimum Gasteiger partial charge on any atom is -0.491 e. The summed E-state index contributed by atoms with van der Waals surface area (Å²) < 4.78 is 5.54. The van der Waals surface area contributed by atoms with Gasteiger partial charge in [-0.25, -0.2) is 0 Å². The van der Waals surface area contributed by atoms with Gasteiger partial charge in [0.25, 0.3) is 5.24 Å². The highest BCUT2D eigenvalue weighted by atomic mass is 32.2. The third-order valence-electron chi connectivity index (χ3n) is 2.31. The SMILES string of the molecule is CC(C)Oc1ccc(SC(=O)NC2CC2)cc1. The highest BCUT2D eigenvalue weighted by Crippen LogP contribution is 2.25. The standard InChI is InChI=1S/C13H17NO2S/c1-9(2)16-11-5-7-12(8-6-11)17-13(15)14-10-3-4-10/h5-10H,3-4H2,1-2H3,(H,14,15). The Morgan fingerprint density at radius 3 is 2.53 bits per heavy atom. The van der Waals surface area contributed by atoms with Crippen molar-refractivity contribution in [2.75, 3.05) is 0 Å². The maximum atomic E-state index is 11.5. The summed E-state index contributed by atoms with van der Waals surface area (Å²) in [6.07, 6.45) is 2.41. The quantitative estimate of drug-likeness (QED) is 0.833. The zero-order chi connectivity index (χ0) is 12.3. The average Bonchev–Trinajstić information content (AvgIpc) is 3.04. The lowest BCUT2D eigenvalue weighted by Crippen LogP contribution is -2.20. The minimum absolute atomic E-state index is 0.0324. The molecule has 0 heterocycles. The number of rotatable bonds is 4. The maximum Gasteiger partial charge on any atom is 0.284 e. The number of amides is 1. The van der Waals surface area contributed by atoms with Crippen LogP contribution >= 0.6 is 11.8 Å². The third-order valence-corrected chi connectivity index (χ3v) is 3.12. The predicted molar refractivity (Wildman–Crippen MR) is 69.6 cm³/mol. The molecule has 1 fully saturated rings. The normalized spacial score (nSPS) is 14.8. The van der Waals surface area contributed by atoms with Crippen LogP contribution in [0.4, 0.5) is 4.79 Å². The van der Waals surface area contributed by atoms with Crippen molar-refractivity contribution in [1.29, 1.82) is 0 Å². The first-order valence-corrected chi connectivity index (χ1v) is 6.70. The van der Waals surface area contributed by atoms with Gasteiger partial charge in [-0.3, -0.25) is 4.79 Å². The average molecular weight is 251 g/mol. The van der Waals surface area contributed by atoms with Crippen molar-refractivity contribution in [1.82, 2.24) is 5.32 Å². The van der Waals surface area contributed by atoms with Crippen LogP contribution in [0.1, 0.15) is 26.7 Å². The molecule has 0 spiro atoms. The first-order valence-electron chi connectivity index (χ1n) is 5.88. The van der Waals surface area contributed by atoms with Gasteiger partial charge in [0.1, 0.15) is 5.75 Å². The molecule has 1 amide bonds. The molecule has 1 aromatic rings. The first-order chi connectivity index (χ1) is 8.13. The number of hydrogen-bond acceptors (Lipinski definition) is 3. The van der Waals surface area contributed by atoms with Crippen molar-refractivity contribution in [2.45, 2.75) is 43.7 Å². The number of carbonyl (C=O) groups excluding carboxylic acids is 1. The molecule has 0 radical (unpaired) electrons. The van der Waals surface area contributed by atoms with Gasteiger partial charge in [0.05, 0.1) is 6.10 Å². The zero-order valence-electron chi connectivity index (χ0n) is 10.1. The number of ether oxygens (including phenoxy) is 1. The molecule has 0 saturated heterocycles. The van der Waals surface area contributed by atoms with Crippen LogP contribution in [0.25, 0.3) is 0 Å². The lowest BCUT2D eigenvalue weighted by atomic mass is 10.3. The van der Waals surface area contributed by atoms with E-state index in [4.69, 9.17) is 4.74 Å². The van der Waals surface area contributed by atoms with Crippen molar-refractivity contribution in [2.24, 2.45) is 0 Å². The molecule has 1 aromatic carbocycles. The van der Waals surface area contributed by atoms with Gasteiger partial charge in [-0.1, -0.05) is 0 Å². The van der Waals surface area contributed by atoms with E-state index in [9.17, 15) is 4.79 Å². The molecule has 3 nitrogen and oxygen atoms in total. The predicted octanol–water partition coefficient (Wildman–Crippen LogP) is 3.44. The summed E-state index contributed by atoms with van der Waals surface area (Å²) in [5.41, 5.74) is 0. The smallest absolute Gasteiger partial charge is 0.284 e. The van der Waals surface area contributed by atoms with Gasteiger partial charge in [-0.15, -0.1) is 0 Å². The molecule has 1 saturated carbocycles. The Bertz CT molecular complexity index is 385. The Morgan fingerprint density at radius 2 is 2.00 bits per heavy atom. The Balaban J connectivity index is 1.86. The van der Waals surface area contributed by atoms with E-state index in [1.807, 2.05) is 38.1 Å². The van der Waals surface area contributed by atoms with Crippen LogP contribution in [0.5, 0.6) is 5.75 Å². The second-order valence-electron chi connectivity index (χ2n) is 4.45. The topological polar surface area (TPSA) is 38.3 Å². The molecule has 0 aliphatic heterocycles.